The summed E-state index contributed by atoms with van der Waals surface area (Å²) in [6, 6.07) is 23.2. The van der Waals surface area contributed by atoms with Crippen molar-refractivity contribution in [1.29, 1.82) is 0 Å². The van der Waals surface area contributed by atoms with E-state index in [4.69, 9.17) is 5.11 Å². The zero-order valence-corrected chi connectivity index (χ0v) is 22.2. The third-order valence-corrected chi connectivity index (χ3v) is 7.11. The minimum atomic E-state index is -0.897. The number of phenols is 1. The van der Waals surface area contributed by atoms with Crippen molar-refractivity contribution >= 4 is 51.8 Å². The highest BCUT2D eigenvalue weighted by Gasteiger charge is 2.18. The van der Waals surface area contributed by atoms with Gasteiger partial charge < -0.3 is 26.2 Å². The maximum atomic E-state index is 13.1. The molecule has 3 amide bonds. The van der Waals surface area contributed by atoms with Crippen LogP contribution in [0.1, 0.15) is 27.9 Å². The number of benzene rings is 4. The van der Waals surface area contributed by atoms with Crippen LogP contribution in [-0.4, -0.2) is 40.4 Å². The van der Waals surface area contributed by atoms with Crippen molar-refractivity contribution < 1.29 is 24.6 Å². The lowest BCUT2D eigenvalue weighted by Crippen LogP contribution is -2.26. The van der Waals surface area contributed by atoms with E-state index in [0.717, 1.165) is 21.4 Å². The number of nitrogens with one attached hydrogen (secondary N) is 3. The number of aromatic hydroxyl groups is 1. The predicted molar refractivity (Wildman–Crippen MR) is 155 cm³/mol. The second-order valence-electron chi connectivity index (χ2n) is 8.92. The van der Waals surface area contributed by atoms with E-state index < -0.39 is 11.9 Å². The largest absolute Gasteiger partial charge is 0.506 e. The maximum Gasteiger partial charge on any atom is 0.323 e. The van der Waals surface area contributed by atoms with Crippen molar-refractivity contribution in [2.45, 2.75) is 24.7 Å². The second-order valence-corrected chi connectivity index (χ2v) is 10.1. The molecular formula is C30H29N3O5S. The molecule has 0 fully saturated rings. The van der Waals surface area contributed by atoms with Gasteiger partial charge in [0.2, 0.25) is 0 Å². The number of urea groups is 1. The Hall–Kier alpha value is -4.50. The van der Waals surface area contributed by atoms with Crippen LogP contribution < -0.4 is 16.0 Å². The number of carboxylic acid groups (broad SMARTS) is 1. The lowest BCUT2D eigenvalue weighted by Gasteiger charge is -2.14. The Morgan fingerprint density at radius 1 is 0.872 bits per heavy atom. The van der Waals surface area contributed by atoms with Crippen LogP contribution in [0.5, 0.6) is 5.75 Å². The fourth-order valence-electron chi connectivity index (χ4n) is 4.06. The highest BCUT2D eigenvalue weighted by molar-refractivity contribution is 7.99. The number of hydrogen-bond donors (Lipinski definition) is 5. The summed E-state index contributed by atoms with van der Waals surface area (Å²) in [5.74, 6) is -1.13. The molecule has 0 aliphatic rings. The summed E-state index contributed by atoms with van der Waals surface area (Å²) in [5.41, 5.74) is 3.36. The molecule has 4 rings (SSSR count). The molecule has 0 atom stereocenters. The van der Waals surface area contributed by atoms with Gasteiger partial charge in [-0.25, -0.2) is 4.79 Å². The van der Waals surface area contributed by atoms with E-state index in [2.05, 4.69) is 16.0 Å². The fraction of sp³-hybridized carbons (Fsp3) is 0.167. The van der Waals surface area contributed by atoms with E-state index >= 15 is 0 Å². The van der Waals surface area contributed by atoms with Gasteiger partial charge in [0.25, 0.3) is 5.91 Å². The quantitative estimate of drug-likeness (QED) is 0.155. The SMILES string of the molecule is Cc1ccc(NC(=O)Nc2ccccc2CCNC(=O)c2cc(SCCC(=O)O)c3ccccc3c2O)cc1. The summed E-state index contributed by atoms with van der Waals surface area (Å²) in [4.78, 5) is 37.3. The van der Waals surface area contributed by atoms with Crippen molar-refractivity contribution in [2.75, 3.05) is 22.9 Å². The van der Waals surface area contributed by atoms with Gasteiger partial charge in [-0.15, -0.1) is 11.8 Å². The molecule has 200 valence electrons. The van der Waals surface area contributed by atoms with Gasteiger partial charge in [0.05, 0.1) is 12.0 Å². The number of aliphatic carboxylic acids is 1. The minimum Gasteiger partial charge on any atom is -0.506 e. The molecule has 0 heterocycles. The zero-order chi connectivity index (χ0) is 27.8. The number of amides is 3. The molecule has 0 aromatic heterocycles. The van der Waals surface area contributed by atoms with Gasteiger partial charge in [-0.05, 0) is 48.6 Å². The molecule has 0 aliphatic heterocycles. The average Bonchev–Trinajstić information content (AvgIpc) is 2.92. The van der Waals surface area contributed by atoms with Gasteiger partial charge >= 0.3 is 12.0 Å². The van der Waals surface area contributed by atoms with Gasteiger partial charge in [0.1, 0.15) is 5.75 Å². The highest BCUT2D eigenvalue weighted by atomic mass is 32.2. The summed E-state index contributed by atoms with van der Waals surface area (Å²) >= 11 is 1.33. The molecule has 39 heavy (non-hydrogen) atoms. The first-order chi connectivity index (χ1) is 18.8. The van der Waals surface area contributed by atoms with Crippen LogP contribution in [0, 0.1) is 6.92 Å². The van der Waals surface area contributed by atoms with Crippen LogP contribution in [0.4, 0.5) is 16.2 Å². The Labute approximate surface area is 230 Å². The number of thioether (sulfide) groups is 1. The predicted octanol–water partition coefficient (Wildman–Crippen LogP) is 6.04. The standard InChI is InChI=1S/C30H29N3O5S/c1-19-10-12-21(13-11-19)32-30(38)33-25-9-5-2-6-20(25)14-16-31-29(37)24-18-26(39-17-15-27(34)35)22-7-3-4-8-23(22)28(24)36/h2-13,18,36H,14-17H2,1H3,(H,31,37)(H,34,35)(H2,32,33,38). The van der Waals surface area contributed by atoms with Crippen LogP contribution in [0.3, 0.4) is 0 Å². The van der Waals surface area contributed by atoms with E-state index in [1.165, 1.54) is 11.8 Å². The molecule has 4 aromatic rings. The lowest BCUT2D eigenvalue weighted by molar-refractivity contribution is -0.136. The van der Waals surface area contributed by atoms with Crippen molar-refractivity contribution in [3.05, 3.63) is 95.6 Å². The fourth-order valence-corrected chi connectivity index (χ4v) is 5.09. The smallest absolute Gasteiger partial charge is 0.323 e. The molecule has 0 bridgehead atoms. The first-order valence-electron chi connectivity index (χ1n) is 12.4. The lowest BCUT2D eigenvalue weighted by atomic mass is 10.0. The summed E-state index contributed by atoms with van der Waals surface area (Å²) in [6.07, 6.45) is 0.430. The number of hydrogen-bond acceptors (Lipinski definition) is 5. The van der Waals surface area contributed by atoms with Gasteiger partial charge in [-0.2, -0.15) is 0 Å². The van der Waals surface area contributed by atoms with E-state index in [-0.39, 0.29) is 30.3 Å². The molecule has 4 aromatic carbocycles. The maximum absolute atomic E-state index is 13.1. The molecule has 5 N–H and O–H groups in total. The molecule has 0 saturated heterocycles. The summed E-state index contributed by atoms with van der Waals surface area (Å²) in [7, 11) is 0. The molecule has 0 aliphatic carbocycles. The Morgan fingerprint density at radius 3 is 2.31 bits per heavy atom. The van der Waals surface area contributed by atoms with Crippen LogP contribution in [0.25, 0.3) is 10.8 Å². The average molecular weight is 544 g/mol. The van der Waals surface area contributed by atoms with Gasteiger partial charge in [-0.1, -0.05) is 60.2 Å². The number of rotatable bonds is 10. The van der Waals surface area contributed by atoms with Crippen LogP contribution in [-0.2, 0) is 11.2 Å². The Balaban J connectivity index is 1.42. The molecule has 0 saturated carbocycles. The second kappa shape index (κ2) is 12.8. The highest BCUT2D eigenvalue weighted by Crippen LogP contribution is 2.36. The molecule has 9 heteroatoms. The van der Waals surface area contributed by atoms with Crippen LogP contribution in [0.2, 0.25) is 0 Å². The number of carboxylic acids is 1. The zero-order valence-electron chi connectivity index (χ0n) is 21.4. The number of fused-ring (bicyclic) bond motifs is 1. The van der Waals surface area contributed by atoms with Crippen LogP contribution in [0.15, 0.2) is 83.8 Å². The molecule has 8 nitrogen and oxygen atoms in total. The van der Waals surface area contributed by atoms with Crippen molar-refractivity contribution in [1.82, 2.24) is 5.32 Å². The molecular weight excluding hydrogens is 514 g/mol. The normalized spacial score (nSPS) is 10.7. The Bertz CT molecular complexity index is 1500. The minimum absolute atomic E-state index is 0.0160. The monoisotopic (exact) mass is 543 g/mol. The number of aryl methyl sites for hydroxylation is 1. The molecule has 0 radical (unpaired) electrons. The first-order valence-corrected chi connectivity index (χ1v) is 13.4. The number of carbonyl (C=O) groups is 3. The van der Waals surface area contributed by atoms with Crippen LogP contribution >= 0.6 is 11.8 Å². The topological polar surface area (TPSA) is 128 Å². The Kier molecular flexibility index (Phi) is 9.06. The van der Waals surface area contributed by atoms with Crippen molar-refractivity contribution in [3.8, 4) is 5.75 Å². The van der Waals surface area contributed by atoms with Crippen molar-refractivity contribution in [3.63, 3.8) is 0 Å². The van der Waals surface area contributed by atoms with E-state index in [0.29, 0.717) is 28.9 Å². The van der Waals surface area contributed by atoms with Gasteiger partial charge in [-0.3, -0.25) is 9.59 Å². The van der Waals surface area contributed by atoms with Crippen molar-refractivity contribution in [2.24, 2.45) is 0 Å². The summed E-state index contributed by atoms with van der Waals surface area (Å²) in [6.45, 7) is 2.24. The Morgan fingerprint density at radius 2 is 1.56 bits per heavy atom. The molecule has 0 unspecified atom stereocenters. The number of para-hydroxylation sites is 1. The van der Waals surface area contributed by atoms with Gasteiger partial charge in [0.15, 0.2) is 0 Å². The number of carbonyl (C=O) groups excluding carboxylic acids is 2. The third kappa shape index (κ3) is 7.30. The van der Waals surface area contributed by atoms with E-state index in [9.17, 15) is 19.5 Å². The van der Waals surface area contributed by atoms with E-state index in [1.807, 2.05) is 61.5 Å². The number of phenolic OH excluding ortho intramolecular Hbond substituents is 1. The summed E-state index contributed by atoms with van der Waals surface area (Å²) < 4.78 is 0. The summed E-state index contributed by atoms with van der Waals surface area (Å²) in [5, 5.41) is 29.6. The third-order valence-electron chi connectivity index (χ3n) is 6.05. The van der Waals surface area contributed by atoms with E-state index in [1.54, 1.807) is 24.3 Å². The number of anilines is 2. The van der Waals surface area contributed by atoms with Gasteiger partial charge in [0, 0.05) is 34.0 Å². The molecule has 0 spiro atoms. The first kappa shape index (κ1) is 27.5.